The van der Waals surface area contributed by atoms with Gasteiger partial charge in [-0.1, -0.05) is 13.8 Å². The summed E-state index contributed by atoms with van der Waals surface area (Å²) in [7, 11) is 0. The van der Waals surface area contributed by atoms with E-state index in [1.807, 2.05) is 0 Å². The van der Waals surface area contributed by atoms with E-state index in [1.54, 1.807) is 11.3 Å². The molecule has 1 rings (SSSR count). The standard InChI is InChI=1S/C11H16OS/c1-8(2)10(7-12)6-11-9(3)4-5-13-11/h4-6,8,12H,7H2,1-3H3/b10-6+. The number of rotatable bonds is 3. The number of aryl methyl sites for hydroxylation is 1. The molecule has 0 aliphatic rings. The van der Waals surface area contributed by atoms with Crippen LogP contribution in [0, 0.1) is 12.8 Å². The lowest BCUT2D eigenvalue weighted by molar-refractivity contribution is 0.320. The maximum Gasteiger partial charge on any atom is 0.0647 e. The van der Waals surface area contributed by atoms with Gasteiger partial charge < -0.3 is 5.11 Å². The highest BCUT2D eigenvalue weighted by Gasteiger charge is 2.03. The maximum atomic E-state index is 9.12. The molecule has 0 bridgehead atoms. The van der Waals surface area contributed by atoms with Crippen molar-refractivity contribution in [3.63, 3.8) is 0 Å². The Morgan fingerprint density at radius 1 is 1.62 bits per heavy atom. The van der Waals surface area contributed by atoms with Gasteiger partial charge in [0.25, 0.3) is 0 Å². The van der Waals surface area contributed by atoms with Gasteiger partial charge in [0.2, 0.25) is 0 Å². The number of hydrogen-bond donors (Lipinski definition) is 1. The molecule has 1 aromatic rings. The molecule has 1 aromatic heterocycles. The summed E-state index contributed by atoms with van der Waals surface area (Å²) in [5.74, 6) is 0.423. The minimum atomic E-state index is 0.162. The first kappa shape index (κ1) is 10.5. The van der Waals surface area contributed by atoms with E-state index < -0.39 is 0 Å². The van der Waals surface area contributed by atoms with Gasteiger partial charge in [0.1, 0.15) is 0 Å². The maximum absolute atomic E-state index is 9.12. The molecule has 13 heavy (non-hydrogen) atoms. The van der Waals surface area contributed by atoms with E-state index in [1.165, 1.54) is 10.4 Å². The van der Waals surface area contributed by atoms with Gasteiger partial charge in [-0.05, 0) is 41.5 Å². The SMILES string of the molecule is Cc1ccsc1/C=C(\CO)C(C)C. The van der Waals surface area contributed by atoms with E-state index in [0.29, 0.717) is 5.92 Å². The van der Waals surface area contributed by atoms with Crippen LogP contribution in [0.15, 0.2) is 17.0 Å². The van der Waals surface area contributed by atoms with Crippen LogP contribution in [-0.2, 0) is 0 Å². The molecular formula is C11H16OS. The molecule has 0 aliphatic carbocycles. The predicted octanol–water partition coefficient (Wildman–Crippen LogP) is 3.09. The summed E-state index contributed by atoms with van der Waals surface area (Å²) in [5.41, 5.74) is 2.39. The van der Waals surface area contributed by atoms with E-state index in [-0.39, 0.29) is 6.61 Å². The van der Waals surface area contributed by atoms with Crippen molar-refractivity contribution in [1.82, 2.24) is 0 Å². The number of aliphatic hydroxyl groups is 1. The van der Waals surface area contributed by atoms with Crippen molar-refractivity contribution < 1.29 is 5.11 Å². The van der Waals surface area contributed by atoms with Crippen molar-refractivity contribution in [2.45, 2.75) is 20.8 Å². The van der Waals surface area contributed by atoms with Gasteiger partial charge in [-0.25, -0.2) is 0 Å². The van der Waals surface area contributed by atoms with Crippen LogP contribution in [-0.4, -0.2) is 11.7 Å². The van der Waals surface area contributed by atoms with Gasteiger partial charge in [-0.15, -0.1) is 11.3 Å². The molecule has 2 heteroatoms. The zero-order valence-electron chi connectivity index (χ0n) is 8.37. The first-order chi connectivity index (χ1) is 6.15. The van der Waals surface area contributed by atoms with Crippen molar-refractivity contribution in [3.8, 4) is 0 Å². The molecule has 0 radical (unpaired) electrons. The molecule has 0 spiro atoms. The zero-order valence-corrected chi connectivity index (χ0v) is 9.19. The fraction of sp³-hybridized carbons (Fsp3) is 0.455. The Morgan fingerprint density at radius 3 is 2.69 bits per heavy atom. The van der Waals surface area contributed by atoms with Gasteiger partial charge >= 0.3 is 0 Å². The van der Waals surface area contributed by atoms with Crippen LogP contribution in [0.1, 0.15) is 24.3 Å². The lowest BCUT2D eigenvalue weighted by Crippen LogP contribution is -1.98. The predicted molar refractivity (Wildman–Crippen MR) is 59.0 cm³/mol. The lowest BCUT2D eigenvalue weighted by atomic mass is 10.0. The molecule has 0 saturated carbocycles. The molecule has 0 saturated heterocycles. The van der Waals surface area contributed by atoms with Gasteiger partial charge in [-0.3, -0.25) is 0 Å². The molecular weight excluding hydrogens is 180 g/mol. The van der Waals surface area contributed by atoms with Gasteiger partial charge in [-0.2, -0.15) is 0 Å². The Kier molecular flexibility index (Phi) is 3.70. The average molecular weight is 196 g/mol. The van der Waals surface area contributed by atoms with E-state index in [2.05, 4.69) is 38.3 Å². The molecule has 72 valence electrons. The van der Waals surface area contributed by atoms with Crippen LogP contribution in [0.4, 0.5) is 0 Å². The van der Waals surface area contributed by atoms with Crippen LogP contribution in [0.3, 0.4) is 0 Å². The van der Waals surface area contributed by atoms with Crippen LogP contribution in [0.5, 0.6) is 0 Å². The molecule has 0 unspecified atom stereocenters. The smallest absolute Gasteiger partial charge is 0.0647 e. The fourth-order valence-electron chi connectivity index (χ4n) is 1.10. The quantitative estimate of drug-likeness (QED) is 0.787. The molecule has 1 heterocycles. The van der Waals surface area contributed by atoms with Crippen molar-refractivity contribution in [3.05, 3.63) is 27.5 Å². The van der Waals surface area contributed by atoms with Crippen LogP contribution in [0.25, 0.3) is 6.08 Å². The summed E-state index contributed by atoms with van der Waals surface area (Å²) >= 11 is 1.72. The third-order valence-electron chi connectivity index (χ3n) is 2.14. The summed E-state index contributed by atoms with van der Waals surface area (Å²) in [6.45, 7) is 6.46. The van der Waals surface area contributed by atoms with E-state index in [9.17, 15) is 0 Å². The summed E-state index contributed by atoms with van der Waals surface area (Å²) in [4.78, 5) is 1.26. The second-order valence-electron chi connectivity index (χ2n) is 3.50. The van der Waals surface area contributed by atoms with Crippen molar-refractivity contribution >= 4 is 17.4 Å². The first-order valence-electron chi connectivity index (χ1n) is 4.50. The molecule has 1 nitrogen and oxygen atoms in total. The van der Waals surface area contributed by atoms with Crippen molar-refractivity contribution in [2.24, 2.45) is 5.92 Å². The summed E-state index contributed by atoms with van der Waals surface area (Å²) in [6, 6.07) is 2.10. The van der Waals surface area contributed by atoms with Gasteiger partial charge in [0, 0.05) is 4.88 Å². The van der Waals surface area contributed by atoms with E-state index in [0.717, 1.165) is 5.57 Å². The Labute approximate surface area is 83.7 Å². The lowest BCUT2D eigenvalue weighted by Gasteiger charge is -2.07. The number of hydrogen-bond acceptors (Lipinski definition) is 2. The highest BCUT2D eigenvalue weighted by atomic mass is 32.1. The van der Waals surface area contributed by atoms with E-state index >= 15 is 0 Å². The number of aliphatic hydroxyl groups excluding tert-OH is 1. The molecule has 0 aromatic carbocycles. The normalized spacial score (nSPS) is 12.5. The Balaban J connectivity index is 2.91. The topological polar surface area (TPSA) is 20.2 Å². The summed E-state index contributed by atoms with van der Waals surface area (Å²) in [5, 5.41) is 11.2. The zero-order chi connectivity index (χ0) is 9.84. The second-order valence-corrected chi connectivity index (χ2v) is 4.45. The number of thiophene rings is 1. The average Bonchev–Trinajstić information content (AvgIpc) is 2.46. The minimum Gasteiger partial charge on any atom is -0.392 e. The molecule has 0 aliphatic heterocycles. The molecule has 0 fully saturated rings. The molecule has 1 N–H and O–H groups in total. The fourth-order valence-corrected chi connectivity index (χ4v) is 1.99. The third-order valence-corrected chi connectivity index (χ3v) is 3.11. The van der Waals surface area contributed by atoms with Gasteiger partial charge in [0.15, 0.2) is 0 Å². The van der Waals surface area contributed by atoms with E-state index in [4.69, 9.17) is 5.11 Å². The highest BCUT2D eigenvalue weighted by Crippen LogP contribution is 2.21. The van der Waals surface area contributed by atoms with Crippen LogP contribution < -0.4 is 0 Å². The van der Waals surface area contributed by atoms with Crippen LogP contribution >= 0.6 is 11.3 Å². The summed E-state index contributed by atoms with van der Waals surface area (Å²) in [6.07, 6.45) is 2.10. The third kappa shape index (κ3) is 2.68. The van der Waals surface area contributed by atoms with Gasteiger partial charge in [0.05, 0.1) is 6.61 Å². The Morgan fingerprint density at radius 2 is 2.31 bits per heavy atom. The molecule has 0 amide bonds. The molecule has 0 atom stereocenters. The van der Waals surface area contributed by atoms with Crippen molar-refractivity contribution in [2.75, 3.05) is 6.61 Å². The summed E-state index contributed by atoms with van der Waals surface area (Å²) < 4.78 is 0. The Bertz CT molecular complexity index is 297. The largest absolute Gasteiger partial charge is 0.392 e. The minimum absolute atomic E-state index is 0.162. The Hall–Kier alpha value is -0.600. The van der Waals surface area contributed by atoms with Crippen LogP contribution in [0.2, 0.25) is 0 Å². The monoisotopic (exact) mass is 196 g/mol. The first-order valence-corrected chi connectivity index (χ1v) is 5.38. The highest BCUT2D eigenvalue weighted by molar-refractivity contribution is 7.11. The van der Waals surface area contributed by atoms with Crippen molar-refractivity contribution in [1.29, 1.82) is 0 Å². The second kappa shape index (κ2) is 4.58.